The molecule has 0 aliphatic carbocycles. The Balaban J connectivity index is 1.74. The number of aliphatic hydroxyl groups is 1. The maximum Gasteiger partial charge on any atom is 0.333 e. The number of carboxylic acid groups (broad SMARTS) is 1. The van der Waals surface area contributed by atoms with E-state index < -0.39 is 18.0 Å². The topological polar surface area (TPSA) is 131 Å². The first-order chi connectivity index (χ1) is 13.5. The molecule has 144 valence electrons. The van der Waals surface area contributed by atoms with Crippen molar-refractivity contribution >= 4 is 11.9 Å². The highest BCUT2D eigenvalue weighted by atomic mass is 16.4. The van der Waals surface area contributed by atoms with Crippen LogP contribution in [0.25, 0.3) is 11.1 Å². The molecule has 0 spiro atoms. The van der Waals surface area contributed by atoms with E-state index in [4.69, 9.17) is 5.11 Å². The minimum Gasteiger partial charge on any atom is -0.479 e. The van der Waals surface area contributed by atoms with Crippen molar-refractivity contribution in [2.75, 3.05) is 6.54 Å². The second kappa shape index (κ2) is 8.89. The van der Waals surface area contributed by atoms with Gasteiger partial charge < -0.3 is 10.2 Å². The van der Waals surface area contributed by atoms with Gasteiger partial charge in [-0.05, 0) is 16.7 Å². The van der Waals surface area contributed by atoms with Gasteiger partial charge in [0.1, 0.15) is 5.69 Å². The molecule has 2 aromatic carbocycles. The molecule has 9 heteroatoms. The third-order valence-electron chi connectivity index (χ3n) is 4.05. The molecule has 1 heterocycles. The summed E-state index contributed by atoms with van der Waals surface area (Å²) in [6.45, 7) is -0.177. The molecule has 9 nitrogen and oxygen atoms in total. The van der Waals surface area contributed by atoms with E-state index >= 15 is 0 Å². The molecular formula is C19H19N5O4. The molecule has 0 bridgehead atoms. The van der Waals surface area contributed by atoms with Crippen LogP contribution in [0.4, 0.5) is 0 Å². The number of aliphatic hydroxyl groups excluding tert-OH is 1. The van der Waals surface area contributed by atoms with Crippen molar-refractivity contribution in [1.29, 1.82) is 0 Å². The molecule has 0 radical (unpaired) electrons. The first-order valence-electron chi connectivity index (χ1n) is 8.51. The molecule has 1 atom stereocenters. The second-order valence-electron chi connectivity index (χ2n) is 6.04. The smallest absolute Gasteiger partial charge is 0.333 e. The van der Waals surface area contributed by atoms with Crippen molar-refractivity contribution < 1.29 is 19.8 Å². The van der Waals surface area contributed by atoms with E-state index in [2.05, 4.69) is 20.8 Å². The lowest BCUT2D eigenvalue weighted by Crippen LogP contribution is -2.47. The van der Waals surface area contributed by atoms with E-state index in [1.54, 1.807) is 0 Å². The summed E-state index contributed by atoms with van der Waals surface area (Å²) in [5.74, 6) is -1.86. The van der Waals surface area contributed by atoms with Gasteiger partial charge in [0.15, 0.2) is 6.10 Å². The molecule has 0 saturated heterocycles. The molecule has 0 saturated carbocycles. The van der Waals surface area contributed by atoms with Crippen molar-refractivity contribution in [3.63, 3.8) is 0 Å². The van der Waals surface area contributed by atoms with E-state index in [1.165, 1.54) is 11.2 Å². The van der Waals surface area contributed by atoms with Crippen molar-refractivity contribution in [3.8, 4) is 11.1 Å². The number of nitrogens with zero attached hydrogens (tertiary/aromatic N) is 3. The maximum atomic E-state index is 12.6. The number of carbonyl (C=O) groups is 2. The number of hydrogen-bond acceptors (Lipinski definition) is 6. The van der Waals surface area contributed by atoms with E-state index in [9.17, 15) is 14.7 Å². The van der Waals surface area contributed by atoms with Crippen LogP contribution in [0.5, 0.6) is 0 Å². The SMILES string of the molecule is O=C(O)C(O)CNN(Cc1ccc(-c2ccccc2)cc1)C(=O)c1cnn[nH]1. The Bertz CT molecular complexity index is 913. The zero-order chi connectivity index (χ0) is 19.9. The molecule has 28 heavy (non-hydrogen) atoms. The Morgan fingerprint density at radius 2 is 1.75 bits per heavy atom. The molecule has 1 amide bonds. The maximum absolute atomic E-state index is 12.6. The third-order valence-corrected chi connectivity index (χ3v) is 4.05. The van der Waals surface area contributed by atoms with E-state index in [0.717, 1.165) is 16.7 Å². The third kappa shape index (κ3) is 4.78. The molecule has 3 rings (SSSR count). The quantitative estimate of drug-likeness (QED) is 0.429. The summed E-state index contributed by atoms with van der Waals surface area (Å²) < 4.78 is 0. The Morgan fingerprint density at radius 3 is 2.36 bits per heavy atom. The van der Waals surface area contributed by atoms with Crippen LogP contribution in [0.15, 0.2) is 60.8 Å². The van der Waals surface area contributed by atoms with Crippen LogP contribution in [-0.4, -0.2) is 55.2 Å². The van der Waals surface area contributed by atoms with E-state index in [-0.39, 0.29) is 18.8 Å². The molecular weight excluding hydrogens is 362 g/mol. The van der Waals surface area contributed by atoms with Crippen molar-refractivity contribution in [2.24, 2.45) is 0 Å². The number of benzene rings is 2. The summed E-state index contributed by atoms with van der Waals surface area (Å²) in [5, 5.41) is 29.1. The van der Waals surface area contributed by atoms with Gasteiger partial charge in [-0.25, -0.2) is 10.2 Å². The average molecular weight is 381 g/mol. The van der Waals surface area contributed by atoms with Gasteiger partial charge in [-0.15, -0.1) is 5.10 Å². The van der Waals surface area contributed by atoms with Crippen LogP contribution < -0.4 is 5.43 Å². The molecule has 3 aromatic rings. The second-order valence-corrected chi connectivity index (χ2v) is 6.04. The number of nitrogens with one attached hydrogen (secondary N) is 2. The molecule has 1 unspecified atom stereocenters. The van der Waals surface area contributed by atoms with Crippen LogP contribution in [0, 0.1) is 0 Å². The number of aromatic nitrogens is 3. The predicted molar refractivity (Wildman–Crippen MR) is 99.8 cm³/mol. The van der Waals surface area contributed by atoms with Gasteiger partial charge in [0.2, 0.25) is 0 Å². The van der Waals surface area contributed by atoms with Gasteiger partial charge in [-0.2, -0.15) is 0 Å². The standard InChI is InChI=1S/C19H19N5O4/c25-17(19(27)28)11-21-24(18(26)16-10-20-23-22-16)12-13-6-8-15(9-7-13)14-4-2-1-3-5-14/h1-10,17,21,25H,11-12H2,(H,27,28)(H,20,22,23). The average Bonchev–Trinajstić information content (AvgIpc) is 3.26. The lowest BCUT2D eigenvalue weighted by atomic mass is 10.0. The highest BCUT2D eigenvalue weighted by Gasteiger charge is 2.21. The summed E-state index contributed by atoms with van der Waals surface area (Å²) in [4.78, 5) is 23.4. The number of carbonyl (C=O) groups excluding carboxylic acids is 1. The molecule has 4 N–H and O–H groups in total. The monoisotopic (exact) mass is 381 g/mol. The number of hydrazine groups is 1. The highest BCUT2D eigenvalue weighted by molar-refractivity contribution is 5.91. The van der Waals surface area contributed by atoms with Gasteiger partial charge in [0, 0.05) is 0 Å². The van der Waals surface area contributed by atoms with Gasteiger partial charge in [0.05, 0.1) is 19.3 Å². The fourth-order valence-electron chi connectivity index (χ4n) is 2.55. The highest BCUT2D eigenvalue weighted by Crippen LogP contribution is 2.19. The van der Waals surface area contributed by atoms with Crippen LogP contribution in [-0.2, 0) is 11.3 Å². The van der Waals surface area contributed by atoms with Crippen LogP contribution in [0.3, 0.4) is 0 Å². The number of hydrogen-bond donors (Lipinski definition) is 4. The fraction of sp³-hybridized carbons (Fsp3) is 0.158. The Morgan fingerprint density at radius 1 is 1.07 bits per heavy atom. The Labute approximate surface area is 160 Å². The first-order valence-corrected chi connectivity index (χ1v) is 8.51. The van der Waals surface area contributed by atoms with Gasteiger partial charge in [-0.1, -0.05) is 59.8 Å². The van der Waals surface area contributed by atoms with Gasteiger partial charge >= 0.3 is 5.97 Å². The Hall–Kier alpha value is -3.56. The molecule has 0 aliphatic heterocycles. The van der Waals surface area contributed by atoms with E-state index in [1.807, 2.05) is 54.6 Å². The zero-order valence-electron chi connectivity index (χ0n) is 14.8. The normalized spacial score (nSPS) is 11.8. The summed E-state index contributed by atoms with van der Waals surface area (Å²) in [7, 11) is 0. The largest absolute Gasteiger partial charge is 0.479 e. The summed E-state index contributed by atoms with van der Waals surface area (Å²) in [6, 6.07) is 17.5. The summed E-state index contributed by atoms with van der Waals surface area (Å²) in [5.41, 5.74) is 5.73. The fourth-order valence-corrected chi connectivity index (χ4v) is 2.55. The molecule has 0 aliphatic rings. The van der Waals surface area contributed by atoms with Crippen molar-refractivity contribution in [3.05, 3.63) is 72.1 Å². The molecule has 1 aromatic heterocycles. The first kappa shape index (κ1) is 19.2. The summed E-state index contributed by atoms with van der Waals surface area (Å²) >= 11 is 0. The minimum atomic E-state index is -1.64. The summed E-state index contributed by atoms with van der Waals surface area (Å²) in [6.07, 6.45) is -0.376. The van der Waals surface area contributed by atoms with Crippen molar-refractivity contribution in [2.45, 2.75) is 12.6 Å². The number of amides is 1. The van der Waals surface area contributed by atoms with Gasteiger partial charge in [0.25, 0.3) is 5.91 Å². The number of carboxylic acids is 1. The van der Waals surface area contributed by atoms with Crippen LogP contribution in [0.2, 0.25) is 0 Å². The van der Waals surface area contributed by atoms with Crippen LogP contribution in [0.1, 0.15) is 16.1 Å². The number of rotatable bonds is 8. The van der Waals surface area contributed by atoms with Crippen LogP contribution >= 0.6 is 0 Å². The Kier molecular flexibility index (Phi) is 6.10. The lowest BCUT2D eigenvalue weighted by molar-refractivity contribution is -0.146. The molecule has 0 fully saturated rings. The number of aromatic amines is 1. The predicted octanol–water partition coefficient (Wildman–Crippen LogP) is 1.06. The minimum absolute atomic E-state index is 0.137. The van der Waals surface area contributed by atoms with Gasteiger partial charge in [-0.3, -0.25) is 14.9 Å². The number of H-pyrrole nitrogens is 1. The zero-order valence-corrected chi connectivity index (χ0v) is 14.8. The number of aliphatic carboxylic acids is 1. The van der Waals surface area contributed by atoms with E-state index in [0.29, 0.717) is 0 Å². The van der Waals surface area contributed by atoms with Crippen molar-refractivity contribution in [1.82, 2.24) is 25.8 Å². The lowest BCUT2D eigenvalue weighted by Gasteiger charge is -2.23.